The Morgan fingerprint density at radius 2 is 1.41 bits per heavy atom. The van der Waals surface area contributed by atoms with Crippen LogP contribution in [0.25, 0.3) is 38.6 Å². The Morgan fingerprint density at radius 3 is 2.26 bits per heavy atom. The Bertz CT molecular complexity index is 1570. The minimum Gasteiger partial charge on any atom is -0.309 e. The minimum atomic E-state index is 0.154. The number of hydrogen-bond acceptors (Lipinski definition) is 0. The third kappa shape index (κ3) is 3.21. The molecule has 0 atom stereocenters. The van der Waals surface area contributed by atoms with Gasteiger partial charge in [-0.3, -0.25) is 0 Å². The van der Waals surface area contributed by atoms with Crippen molar-refractivity contribution in [1.82, 2.24) is 4.57 Å². The number of rotatable bonds is 2. The summed E-state index contributed by atoms with van der Waals surface area (Å²) >= 11 is 6.39. The molecule has 1 aromatic heterocycles. The summed E-state index contributed by atoms with van der Waals surface area (Å²) in [5.74, 6) is 0. The lowest BCUT2D eigenvalue weighted by molar-refractivity contribution is 0.333. The highest BCUT2D eigenvalue weighted by Crippen LogP contribution is 2.49. The molecule has 34 heavy (non-hydrogen) atoms. The molecule has 1 aliphatic carbocycles. The Labute approximate surface area is 207 Å². The molecule has 170 valence electrons. The van der Waals surface area contributed by atoms with Gasteiger partial charge in [-0.1, -0.05) is 87.8 Å². The molecule has 1 heterocycles. The van der Waals surface area contributed by atoms with Gasteiger partial charge in [-0.05, 0) is 82.3 Å². The Hall–Kier alpha value is -3.03. The van der Waals surface area contributed by atoms with Crippen LogP contribution in [0, 0.1) is 0 Å². The fourth-order valence-corrected chi connectivity index (χ4v) is 6.18. The van der Waals surface area contributed by atoms with Gasteiger partial charge in [0.2, 0.25) is 0 Å². The Balaban J connectivity index is 1.61. The normalized spacial score (nSPS) is 16.6. The summed E-state index contributed by atoms with van der Waals surface area (Å²) in [6.45, 7) is 9.60. The van der Waals surface area contributed by atoms with Gasteiger partial charge in [0.15, 0.2) is 0 Å². The SMILES string of the molecule is CC1(C)CCC(C)(C)c2c(-c3cccc(-n4c5ccccc5c5cc(Cl)ccc54)c3)cccc21. The van der Waals surface area contributed by atoms with Gasteiger partial charge in [-0.15, -0.1) is 0 Å². The van der Waals surface area contributed by atoms with Crippen LogP contribution >= 0.6 is 11.6 Å². The topological polar surface area (TPSA) is 4.93 Å². The van der Waals surface area contributed by atoms with Crippen LogP contribution in [-0.4, -0.2) is 4.57 Å². The van der Waals surface area contributed by atoms with Crippen molar-refractivity contribution in [2.75, 3.05) is 0 Å². The lowest BCUT2D eigenvalue weighted by Gasteiger charge is -2.43. The zero-order valence-electron chi connectivity index (χ0n) is 20.3. The summed E-state index contributed by atoms with van der Waals surface area (Å²) in [5.41, 5.74) is 9.56. The first-order chi connectivity index (χ1) is 16.3. The summed E-state index contributed by atoms with van der Waals surface area (Å²) in [6, 6.07) is 30.7. The second kappa shape index (κ2) is 7.48. The van der Waals surface area contributed by atoms with E-state index >= 15 is 0 Å². The first-order valence-electron chi connectivity index (χ1n) is 12.2. The number of aromatic nitrogens is 1. The van der Waals surface area contributed by atoms with Crippen molar-refractivity contribution in [2.45, 2.75) is 51.4 Å². The molecule has 0 saturated heterocycles. The summed E-state index contributed by atoms with van der Waals surface area (Å²) in [7, 11) is 0. The molecule has 0 aliphatic heterocycles. The summed E-state index contributed by atoms with van der Waals surface area (Å²) < 4.78 is 2.37. The van der Waals surface area contributed by atoms with E-state index in [4.69, 9.17) is 11.6 Å². The standard InChI is InChI=1S/C32H30ClN/c1-31(2)17-18-32(3,4)30-24(12-8-13-27(30)31)21-9-7-10-23(19-21)34-28-14-6-5-11-25(28)26-20-22(33)15-16-29(26)34/h5-16,19-20H,17-18H2,1-4H3. The molecular formula is C32H30ClN. The number of halogens is 1. The summed E-state index contributed by atoms with van der Waals surface area (Å²) in [4.78, 5) is 0. The number of nitrogens with zero attached hydrogens (tertiary/aromatic N) is 1. The van der Waals surface area contributed by atoms with Crippen molar-refractivity contribution < 1.29 is 0 Å². The second-order valence-electron chi connectivity index (χ2n) is 11.1. The summed E-state index contributed by atoms with van der Waals surface area (Å²) in [5, 5.41) is 3.18. The molecule has 5 aromatic rings. The van der Waals surface area contributed by atoms with Crippen LogP contribution in [0.2, 0.25) is 5.02 Å². The molecule has 0 bridgehead atoms. The molecule has 0 radical (unpaired) electrons. The molecule has 1 aliphatic rings. The fraction of sp³-hybridized carbons (Fsp3) is 0.250. The number of fused-ring (bicyclic) bond motifs is 4. The van der Waals surface area contributed by atoms with Crippen molar-refractivity contribution in [3.05, 3.63) is 101 Å². The van der Waals surface area contributed by atoms with E-state index in [1.54, 1.807) is 0 Å². The lowest BCUT2D eigenvalue weighted by Crippen LogP contribution is -2.34. The average molecular weight is 464 g/mol. The smallest absolute Gasteiger partial charge is 0.0542 e. The first-order valence-corrected chi connectivity index (χ1v) is 12.6. The zero-order chi connectivity index (χ0) is 23.7. The van der Waals surface area contributed by atoms with Gasteiger partial charge in [0, 0.05) is 21.5 Å². The van der Waals surface area contributed by atoms with E-state index < -0.39 is 0 Å². The van der Waals surface area contributed by atoms with E-state index in [-0.39, 0.29) is 10.8 Å². The Kier molecular flexibility index (Phi) is 4.73. The van der Waals surface area contributed by atoms with Gasteiger partial charge in [0.1, 0.15) is 0 Å². The number of benzene rings is 4. The van der Waals surface area contributed by atoms with Gasteiger partial charge >= 0.3 is 0 Å². The third-order valence-electron chi connectivity index (χ3n) is 7.90. The van der Waals surface area contributed by atoms with E-state index in [0.717, 1.165) is 5.02 Å². The predicted octanol–water partition coefficient (Wildman–Crippen LogP) is 9.45. The van der Waals surface area contributed by atoms with Crippen molar-refractivity contribution in [1.29, 1.82) is 0 Å². The van der Waals surface area contributed by atoms with Crippen molar-refractivity contribution in [3.63, 3.8) is 0 Å². The predicted molar refractivity (Wildman–Crippen MR) is 147 cm³/mol. The molecular weight excluding hydrogens is 434 g/mol. The largest absolute Gasteiger partial charge is 0.309 e. The maximum atomic E-state index is 6.39. The molecule has 0 N–H and O–H groups in total. The third-order valence-corrected chi connectivity index (χ3v) is 8.13. The molecule has 4 aromatic carbocycles. The first kappa shape index (κ1) is 21.5. The van der Waals surface area contributed by atoms with Crippen molar-refractivity contribution >= 4 is 33.4 Å². The number of para-hydroxylation sites is 1. The highest BCUT2D eigenvalue weighted by atomic mass is 35.5. The highest BCUT2D eigenvalue weighted by Gasteiger charge is 2.38. The van der Waals surface area contributed by atoms with Gasteiger partial charge in [-0.2, -0.15) is 0 Å². The van der Waals surface area contributed by atoms with Gasteiger partial charge < -0.3 is 4.57 Å². The minimum absolute atomic E-state index is 0.154. The fourth-order valence-electron chi connectivity index (χ4n) is 6.01. The van der Waals surface area contributed by atoms with Crippen LogP contribution in [-0.2, 0) is 10.8 Å². The molecule has 0 fully saturated rings. The molecule has 0 unspecified atom stereocenters. The van der Waals surface area contributed by atoms with E-state index in [2.05, 4.69) is 111 Å². The van der Waals surface area contributed by atoms with Crippen LogP contribution in [0.4, 0.5) is 0 Å². The molecule has 0 saturated carbocycles. The number of hydrogen-bond donors (Lipinski definition) is 0. The molecule has 0 amide bonds. The molecule has 1 nitrogen and oxygen atoms in total. The highest BCUT2D eigenvalue weighted by molar-refractivity contribution is 6.32. The molecule has 6 rings (SSSR count). The van der Waals surface area contributed by atoms with E-state index in [1.165, 1.54) is 62.6 Å². The monoisotopic (exact) mass is 463 g/mol. The summed E-state index contributed by atoms with van der Waals surface area (Å²) in [6.07, 6.45) is 2.43. The van der Waals surface area contributed by atoms with Crippen LogP contribution in [0.5, 0.6) is 0 Å². The lowest BCUT2D eigenvalue weighted by atomic mass is 9.61. The zero-order valence-corrected chi connectivity index (χ0v) is 21.1. The van der Waals surface area contributed by atoms with E-state index in [1.807, 2.05) is 6.07 Å². The second-order valence-corrected chi connectivity index (χ2v) is 11.5. The van der Waals surface area contributed by atoms with Gasteiger partial charge in [0.25, 0.3) is 0 Å². The van der Waals surface area contributed by atoms with Crippen LogP contribution in [0.3, 0.4) is 0 Å². The average Bonchev–Trinajstić information content (AvgIpc) is 3.15. The van der Waals surface area contributed by atoms with Crippen molar-refractivity contribution in [3.8, 4) is 16.8 Å². The van der Waals surface area contributed by atoms with Crippen LogP contribution in [0.15, 0.2) is 84.9 Å². The maximum Gasteiger partial charge on any atom is 0.0542 e. The van der Waals surface area contributed by atoms with Gasteiger partial charge in [0.05, 0.1) is 11.0 Å². The van der Waals surface area contributed by atoms with E-state index in [0.29, 0.717) is 0 Å². The van der Waals surface area contributed by atoms with E-state index in [9.17, 15) is 0 Å². The maximum absolute atomic E-state index is 6.39. The Morgan fingerprint density at radius 1 is 0.676 bits per heavy atom. The van der Waals surface area contributed by atoms with Crippen LogP contribution in [0.1, 0.15) is 51.7 Å². The molecule has 2 heteroatoms. The van der Waals surface area contributed by atoms with Crippen molar-refractivity contribution in [2.24, 2.45) is 0 Å². The quantitative estimate of drug-likeness (QED) is 0.245. The van der Waals surface area contributed by atoms with Crippen LogP contribution < -0.4 is 0 Å². The van der Waals surface area contributed by atoms with Gasteiger partial charge in [-0.25, -0.2) is 0 Å². The molecule has 0 spiro atoms.